The van der Waals surface area contributed by atoms with Crippen LogP contribution < -0.4 is 16.0 Å². The summed E-state index contributed by atoms with van der Waals surface area (Å²) in [6, 6.07) is -1.72. The highest BCUT2D eigenvalue weighted by atomic mass is 16.5. The summed E-state index contributed by atoms with van der Waals surface area (Å²) >= 11 is 0. The van der Waals surface area contributed by atoms with E-state index < -0.39 is 12.1 Å². The van der Waals surface area contributed by atoms with Gasteiger partial charge in [-0.1, -0.05) is 5.57 Å². The molecule has 0 unspecified atom stereocenters. The first-order valence-corrected chi connectivity index (χ1v) is 9.52. The van der Waals surface area contributed by atoms with Crippen LogP contribution in [-0.4, -0.2) is 67.0 Å². The Labute approximate surface area is 166 Å². The van der Waals surface area contributed by atoms with Crippen LogP contribution in [-0.2, 0) is 19.1 Å². The molecule has 28 heavy (non-hydrogen) atoms. The Morgan fingerprint density at radius 2 is 1.89 bits per heavy atom. The predicted octanol–water partition coefficient (Wildman–Crippen LogP) is 0.699. The molecule has 9 heteroatoms. The van der Waals surface area contributed by atoms with Crippen LogP contribution in [0.4, 0.5) is 4.79 Å². The molecule has 1 rings (SSSR count). The predicted molar refractivity (Wildman–Crippen MR) is 104 cm³/mol. The Morgan fingerprint density at radius 3 is 2.46 bits per heavy atom. The van der Waals surface area contributed by atoms with Gasteiger partial charge < -0.3 is 25.6 Å². The van der Waals surface area contributed by atoms with Crippen molar-refractivity contribution in [2.75, 3.05) is 20.2 Å². The first-order valence-electron chi connectivity index (χ1n) is 9.52. The maximum atomic E-state index is 12.8. The van der Waals surface area contributed by atoms with Gasteiger partial charge in [0, 0.05) is 31.6 Å². The van der Waals surface area contributed by atoms with E-state index in [0.29, 0.717) is 19.4 Å². The van der Waals surface area contributed by atoms with Gasteiger partial charge in [-0.05, 0) is 40.5 Å². The molecule has 0 aromatic rings. The minimum absolute atomic E-state index is 0.0459. The minimum atomic E-state index is -0.806. The van der Waals surface area contributed by atoms with Crippen LogP contribution in [0.15, 0.2) is 11.6 Å². The van der Waals surface area contributed by atoms with Crippen LogP contribution in [0.2, 0.25) is 0 Å². The second kappa shape index (κ2) is 11.3. The van der Waals surface area contributed by atoms with Gasteiger partial charge in [0.1, 0.15) is 6.04 Å². The van der Waals surface area contributed by atoms with Gasteiger partial charge in [0.2, 0.25) is 11.8 Å². The molecule has 0 radical (unpaired) electrons. The van der Waals surface area contributed by atoms with Gasteiger partial charge in [-0.2, -0.15) is 0 Å². The summed E-state index contributed by atoms with van der Waals surface area (Å²) in [4.78, 5) is 50.0. The summed E-state index contributed by atoms with van der Waals surface area (Å²) in [5, 5.41) is 8.28. The number of urea groups is 1. The molecule has 0 aliphatic carbocycles. The molecule has 2 atom stereocenters. The van der Waals surface area contributed by atoms with Crippen LogP contribution >= 0.6 is 0 Å². The molecule has 0 bridgehead atoms. The Kier molecular flexibility index (Phi) is 9.47. The number of amides is 4. The van der Waals surface area contributed by atoms with Crippen molar-refractivity contribution >= 4 is 23.8 Å². The lowest BCUT2D eigenvalue weighted by atomic mass is 10.1. The first-order chi connectivity index (χ1) is 13.1. The maximum absolute atomic E-state index is 12.8. The monoisotopic (exact) mass is 396 g/mol. The van der Waals surface area contributed by atoms with E-state index in [1.807, 2.05) is 27.7 Å². The van der Waals surface area contributed by atoms with Crippen molar-refractivity contribution < 1.29 is 23.9 Å². The summed E-state index contributed by atoms with van der Waals surface area (Å²) in [6.45, 7) is 7.94. The fourth-order valence-corrected chi connectivity index (χ4v) is 2.97. The van der Waals surface area contributed by atoms with Crippen molar-refractivity contribution in [1.29, 1.82) is 0 Å². The highest BCUT2D eigenvalue weighted by molar-refractivity contribution is 5.94. The molecular weight excluding hydrogens is 364 g/mol. The summed E-state index contributed by atoms with van der Waals surface area (Å²) < 4.78 is 4.57. The number of methoxy groups -OCH3 is 1. The highest BCUT2D eigenvalue weighted by Gasteiger charge is 2.42. The average molecular weight is 396 g/mol. The molecular formula is C19H32N4O5. The molecule has 0 aromatic carbocycles. The Balaban J connectivity index is 2.81. The van der Waals surface area contributed by atoms with E-state index >= 15 is 0 Å². The SMILES string of the molecule is COC(=O)CCCNC(=O)[C@@H]1[C@@H](NC(=O)NC(C)C)CCN1C(=O)C=C(C)C. The third kappa shape index (κ3) is 7.58. The lowest BCUT2D eigenvalue weighted by Crippen LogP contribution is -2.56. The quantitative estimate of drug-likeness (QED) is 0.317. The fraction of sp³-hybridized carbons (Fsp3) is 0.684. The van der Waals surface area contributed by atoms with Crippen molar-refractivity contribution in [2.45, 2.75) is 65.1 Å². The molecule has 0 aromatic heterocycles. The van der Waals surface area contributed by atoms with Gasteiger partial charge in [0.15, 0.2) is 0 Å². The number of hydrogen-bond donors (Lipinski definition) is 3. The number of carbonyl (C=O) groups excluding carboxylic acids is 4. The molecule has 158 valence electrons. The van der Waals surface area contributed by atoms with Gasteiger partial charge in [0.25, 0.3) is 0 Å². The van der Waals surface area contributed by atoms with Crippen molar-refractivity contribution in [3.63, 3.8) is 0 Å². The molecule has 1 heterocycles. The molecule has 1 aliphatic rings. The third-order valence-electron chi connectivity index (χ3n) is 4.18. The molecule has 4 amide bonds. The molecule has 1 fully saturated rings. The molecule has 3 N–H and O–H groups in total. The van der Waals surface area contributed by atoms with E-state index in [2.05, 4.69) is 20.7 Å². The maximum Gasteiger partial charge on any atom is 0.315 e. The number of allylic oxidation sites excluding steroid dienone is 1. The largest absolute Gasteiger partial charge is 0.469 e. The smallest absolute Gasteiger partial charge is 0.315 e. The summed E-state index contributed by atoms with van der Waals surface area (Å²) in [5.74, 6) is -0.962. The zero-order valence-electron chi connectivity index (χ0n) is 17.3. The van der Waals surface area contributed by atoms with E-state index in [1.165, 1.54) is 18.1 Å². The summed E-state index contributed by atoms with van der Waals surface area (Å²) in [6.07, 6.45) is 2.58. The van der Waals surface area contributed by atoms with Gasteiger partial charge in [0.05, 0.1) is 13.2 Å². The number of hydrogen-bond acceptors (Lipinski definition) is 5. The molecule has 1 aliphatic heterocycles. The number of nitrogens with one attached hydrogen (secondary N) is 3. The second-order valence-electron chi connectivity index (χ2n) is 7.34. The summed E-state index contributed by atoms with van der Waals surface area (Å²) in [7, 11) is 1.31. The third-order valence-corrected chi connectivity index (χ3v) is 4.18. The molecule has 0 spiro atoms. The topological polar surface area (TPSA) is 117 Å². The average Bonchev–Trinajstić information content (AvgIpc) is 3.00. The van der Waals surface area contributed by atoms with Crippen molar-refractivity contribution in [3.8, 4) is 0 Å². The van der Waals surface area contributed by atoms with E-state index in [1.54, 1.807) is 0 Å². The van der Waals surface area contributed by atoms with E-state index in [4.69, 9.17) is 0 Å². The second-order valence-corrected chi connectivity index (χ2v) is 7.34. The normalized spacial score (nSPS) is 18.4. The number of nitrogens with zero attached hydrogens (tertiary/aromatic N) is 1. The molecule has 9 nitrogen and oxygen atoms in total. The van der Waals surface area contributed by atoms with Crippen LogP contribution in [0.1, 0.15) is 47.0 Å². The van der Waals surface area contributed by atoms with Gasteiger partial charge in [-0.15, -0.1) is 0 Å². The van der Waals surface area contributed by atoms with Crippen molar-refractivity contribution in [2.24, 2.45) is 0 Å². The number of ether oxygens (including phenoxy) is 1. The van der Waals surface area contributed by atoms with Crippen LogP contribution in [0.5, 0.6) is 0 Å². The van der Waals surface area contributed by atoms with E-state index in [9.17, 15) is 19.2 Å². The molecule has 1 saturated heterocycles. The Hall–Kier alpha value is -2.58. The molecule has 0 saturated carbocycles. The number of esters is 1. The van der Waals surface area contributed by atoms with Crippen LogP contribution in [0.3, 0.4) is 0 Å². The Morgan fingerprint density at radius 1 is 1.21 bits per heavy atom. The fourth-order valence-electron chi connectivity index (χ4n) is 2.97. The standard InChI is InChI=1S/C19H32N4O5/c1-12(2)11-15(24)23-10-8-14(22-19(27)21-13(3)4)17(23)18(26)20-9-6-7-16(25)28-5/h11,13-14,17H,6-10H2,1-5H3,(H,20,26)(H2,21,22,27)/t14-,17-/m0/s1. The number of rotatable bonds is 8. The van der Waals surface area contributed by atoms with Crippen molar-refractivity contribution in [1.82, 2.24) is 20.9 Å². The van der Waals surface area contributed by atoms with Gasteiger partial charge in [-0.25, -0.2) is 4.79 Å². The highest BCUT2D eigenvalue weighted by Crippen LogP contribution is 2.20. The lowest BCUT2D eigenvalue weighted by molar-refractivity contribution is -0.140. The lowest BCUT2D eigenvalue weighted by Gasteiger charge is -2.27. The number of carbonyl (C=O) groups is 4. The van der Waals surface area contributed by atoms with Crippen LogP contribution in [0.25, 0.3) is 0 Å². The first kappa shape index (κ1) is 23.5. The number of likely N-dealkylation sites (tertiary alicyclic amines) is 1. The van der Waals surface area contributed by atoms with E-state index in [-0.39, 0.29) is 42.8 Å². The van der Waals surface area contributed by atoms with E-state index in [0.717, 1.165) is 5.57 Å². The van der Waals surface area contributed by atoms with Gasteiger partial charge in [-0.3, -0.25) is 14.4 Å². The zero-order chi connectivity index (χ0) is 21.3. The minimum Gasteiger partial charge on any atom is -0.469 e. The van der Waals surface area contributed by atoms with Crippen molar-refractivity contribution in [3.05, 3.63) is 11.6 Å². The van der Waals surface area contributed by atoms with Gasteiger partial charge >= 0.3 is 12.0 Å². The zero-order valence-corrected chi connectivity index (χ0v) is 17.3. The Bertz CT molecular complexity index is 613. The van der Waals surface area contributed by atoms with Crippen LogP contribution in [0, 0.1) is 0 Å². The summed E-state index contributed by atoms with van der Waals surface area (Å²) in [5.41, 5.74) is 0.830.